The van der Waals surface area contributed by atoms with E-state index < -0.39 is 20.7 Å². The van der Waals surface area contributed by atoms with Crippen LogP contribution in [-0.2, 0) is 9.13 Å². The monoisotopic (exact) mass is 411 g/mol. The van der Waals surface area contributed by atoms with Crippen molar-refractivity contribution in [2.24, 2.45) is 0 Å². The number of hydrogen-bond donors (Lipinski definition) is 4. The third-order valence-electron chi connectivity index (χ3n) is 5.86. The molecule has 2 aliphatic carbocycles. The Balaban J connectivity index is 2.37. The van der Waals surface area contributed by atoms with Crippen LogP contribution in [0.1, 0.15) is 89.9 Å². The van der Waals surface area contributed by atoms with Gasteiger partial charge in [-0.25, -0.2) is 0 Å². The molecule has 0 unspecified atom stereocenters. The van der Waals surface area contributed by atoms with E-state index in [0.717, 1.165) is 89.9 Å². The zero-order valence-corrected chi connectivity index (χ0v) is 17.4. The summed E-state index contributed by atoms with van der Waals surface area (Å²) in [5, 5.41) is 0. The molecule has 4 N–H and O–H groups in total. The minimum absolute atomic E-state index is 0.162. The molecule has 0 aromatic heterocycles. The molecular weight excluding hydrogens is 376 g/mol. The van der Waals surface area contributed by atoms with Crippen molar-refractivity contribution in [3.05, 3.63) is 0 Å². The Morgan fingerprint density at radius 1 is 0.577 bits per heavy atom. The van der Waals surface area contributed by atoms with Gasteiger partial charge >= 0.3 is 15.2 Å². The van der Waals surface area contributed by atoms with E-state index in [1.807, 2.05) is 0 Å². The first-order valence-electron chi connectivity index (χ1n) is 10.1. The summed E-state index contributed by atoms with van der Waals surface area (Å²) < 4.78 is 24.3. The normalized spacial score (nSPS) is 23.5. The topological polar surface area (TPSA) is 118 Å². The lowest BCUT2D eigenvalue weighted by atomic mass is 9.91. The lowest BCUT2D eigenvalue weighted by molar-refractivity contribution is 0.0831. The van der Waals surface area contributed by atoms with Crippen LogP contribution in [0.4, 0.5) is 0 Å². The Morgan fingerprint density at radius 3 is 1.12 bits per heavy atom. The smallest absolute Gasteiger partial charge is 0.323 e. The van der Waals surface area contributed by atoms with Crippen molar-refractivity contribution in [3.8, 4) is 0 Å². The Labute approximate surface area is 156 Å². The van der Waals surface area contributed by atoms with Gasteiger partial charge in [-0.15, -0.1) is 0 Å². The van der Waals surface area contributed by atoms with Gasteiger partial charge in [0.25, 0.3) is 0 Å². The zero-order valence-electron chi connectivity index (χ0n) is 15.6. The van der Waals surface area contributed by atoms with Gasteiger partial charge in [0, 0.05) is 12.1 Å². The Bertz CT molecular complexity index is 459. The summed E-state index contributed by atoms with van der Waals surface area (Å²) in [6.07, 6.45) is 13.4. The minimum atomic E-state index is -4.97. The first-order chi connectivity index (χ1) is 12.2. The van der Waals surface area contributed by atoms with Crippen LogP contribution in [0.25, 0.3) is 0 Å². The van der Waals surface area contributed by atoms with E-state index in [2.05, 4.69) is 0 Å². The Morgan fingerprint density at radius 2 is 0.846 bits per heavy atom. The molecule has 2 saturated carbocycles. The summed E-state index contributed by atoms with van der Waals surface area (Å²) >= 11 is 0. The molecule has 154 valence electrons. The summed E-state index contributed by atoms with van der Waals surface area (Å²) in [7, 11) is -9.95. The number of hydrogen-bond acceptors (Lipinski definition) is 3. The summed E-state index contributed by atoms with van der Waals surface area (Å²) in [6.45, 7) is 0. The Kier molecular flexibility index (Phi) is 8.81. The molecule has 0 radical (unpaired) electrons. The molecule has 9 heteroatoms. The van der Waals surface area contributed by atoms with E-state index in [1.165, 1.54) is 0 Å². The standard InChI is InChI=1S/C17H35NO6P2/c19-25(20,21)17(26(22,23)24)18(15-11-7-3-1-4-8-12-15)16-13-9-5-2-6-10-14-16/h15-17H,1-14H2,(H2,19,20,21)(H2,22,23,24). The summed E-state index contributed by atoms with van der Waals surface area (Å²) in [4.78, 5) is 41.1. The maximum Gasteiger partial charge on any atom is 0.355 e. The van der Waals surface area contributed by atoms with Crippen molar-refractivity contribution >= 4 is 15.2 Å². The van der Waals surface area contributed by atoms with Gasteiger partial charge in [-0.2, -0.15) is 0 Å². The Hall–Kier alpha value is 0.260. The number of nitrogens with zero attached hydrogens (tertiary/aromatic N) is 1. The van der Waals surface area contributed by atoms with Crippen molar-refractivity contribution in [1.82, 2.24) is 4.90 Å². The lowest BCUT2D eigenvalue weighted by Gasteiger charge is -2.44. The van der Waals surface area contributed by atoms with Crippen LogP contribution in [0.3, 0.4) is 0 Å². The van der Waals surface area contributed by atoms with Gasteiger partial charge in [0.15, 0.2) is 0 Å². The van der Waals surface area contributed by atoms with Crippen LogP contribution in [-0.4, -0.2) is 42.1 Å². The second kappa shape index (κ2) is 10.2. The van der Waals surface area contributed by atoms with Gasteiger partial charge in [-0.05, 0) is 25.7 Å². The molecule has 26 heavy (non-hydrogen) atoms. The van der Waals surface area contributed by atoms with Gasteiger partial charge in [-0.1, -0.05) is 64.2 Å². The molecule has 0 spiro atoms. The molecule has 7 nitrogen and oxygen atoms in total. The predicted molar refractivity (Wildman–Crippen MR) is 102 cm³/mol. The molecule has 0 heterocycles. The van der Waals surface area contributed by atoms with E-state index in [4.69, 9.17) is 0 Å². The van der Waals surface area contributed by atoms with Crippen molar-refractivity contribution in [2.75, 3.05) is 0 Å². The predicted octanol–water partition coefficient (Wildman–Crippen LogP) is 4.15. The highest BCUT2D eigenvalue weighted by Gasteiger charge is 2.51. The molecule has 0 aromatic rings. The highest BCUT2D eigenvalue weighted by molar-refractivity contribution is 7.70. The molecule has 0 bridgehead atoms. The zero-order chi connectivity index (χ0) is 19.2. The quantitative estimate of drug-likeness (QED) is 0.502. The summed E-state index contributed by atoms with van der Waals surface area (Å²) in [5.74, 6) is 0. The second-order valence-electron chi connectivity index (χ2n) is 7.97. The van der Waals surface area contributed by atoms with Crippen molar-refractivity contribution in [1.29, 1.82) is 0 Å². The SMILES string of the molecule is O=P(O)(O)C(N(C1CCCCCCC1)C1CCCCCCC1)P(=O)(O)O. The van der Waals surface area contributed by atoms with E-state index in [0.29, 0.717) is 0 Å². The number of rotatable bonds is 5. The van der Waals surface area contributed by atoms with Crippen LogP contribution in [0.5, 0.6) is 0 Å². The fourth-order valence-electron chi connectivity index (χ4n) is 4.68. The van der Waals surface area contributed by atoms with Crippen LogP contribution in [0, 0.1) is 0 Å². The molecule has 0 amide bonds. The molecule has 0 aliphatic heterocycles. The van der Waals surface area contributed by atoms with Gasteiger partial charge in [-0.3, -0.25) is 14.0 Å². The van der Waals surface area contributed by atoms with Gasteiger partial charge < -0.3 is 19.6 Å². The largest absolute Gasteiger partial charge is 0.355 e. The first kappa shape index (κ1) is 22.5. The summed E-state index contributed by atoms with van der Waals surface area (Å²) in [5.41, 5.74) is -2.00. The maximum atomic E-state index is 12.2. The molecule has 0 saturated heterocycles. The third-order valence-corrected chi connectivity index (χ3v) is 9.40. The third kappa shape index (κ3) is 6.70. The first-order valence-corrected chi connectivity index (χ1v) is 13.5. The van der Waals surface area contributed by atoms with Crippen molar-refractivity contribution < 1.29 is 28.7 Å². The fourth-order valence-corrected chi connectivity index (χ4v) is 7.70. The molecule has 0 aromatic carbocycles. The van der Waals surface area contributed by atoms with E-state index in [1.54, 1.807) is 4.90 Å². The highest BCUT2D eigenvalue weighted by atomic mass is 31.2. The van der Waals surface area contributed by atoms with Crippen LogP contribution in [0.15, 0.2) is 0 Å². The average Bonchev–Trinajstić information content (AvgIpc) is 2.42. The minimum Gasteiger partial charge on any atom is -0.323 e. The van der Waals surface area contributed by atoms with Crippen molar-refractivity contribution in [2.45, 2.75) is 107 Å². The van der Waals surface area contributed by atoms with Crippen LogP contribution >= 0.6 is 15.2 Å². The molecule has 2 aliphatic rings. The summed E-state index contributed by atoms with van der Waals surface area (Å²) in [6, 6.07) is -0.324. The molecule has 0 atom stereocenters. The van der Waals surface area contributed by atoms with E-state index in [9.17, 15) is 28.7 Å². The highest BCUT2D eigenvalue weighted by Crippen LogP contribution is 2.62. The lowest BCUT2D eigenvalue weighted by Crippen LogP contribution is -2.49. The van der Waals surface area contributed by atoms with Gasteiger partial charge in [0.2, 0.25) is 5.52 Å². The van der Waals surface area contributed by atoms with Crippen LogP contribution < -0.4 is 0 Å². The van der Waals surface area contributed by atoms with Crippen molar-refractivity contribution in [3.63, 3.8) is 0 Å². The molecular formula is C17H35NO6P2. The van der Waals surface area contributed by atoms with E-state index in [-0.39, 0.29) is 12.1 Å². The van der Waals surface area contributed by atoms with Gasteiger partial charge in [0.1, 0.15) is 0 Å². The van der Waals surface area contributed by atoms with Gasteiger partial charge in [0.05, 0.1) is 0 Å². The maximum absolute atomic E-state index is 12.2. The molecule has 2 fully saturated rings. The van der Waals surface area contributed by atoms with Crippen LogP contribution in [0.2, 0.25) is 0 Å². The fraction of sp³-hybridized carbons (Fsp3) is 1.00. The molecule has 2 rings (SSSR count). The van der Waals surface area contributed by atoms with E-state index >= 15 is 0 Å². The second-order valence-corrected chi connectivity index (χ2v) is 11.7. The average molecular weight is 411 g/mol.